The Balaban J connectivity index is 1.48. The number of nitrogens with two attached hydrogens (primary N) is 1. The average molecular weight is 371 g/mol. The van der Waals surface area contributed by atoms with Crippen LogP contribution in [0.3, 0.4) is 0 Å². The van der Waals surface area contributed by atoms with Crippen LogP contribution in [-0.4, -0.2) is 36.4 Å². The first kappa shape index (κ1) is 19.9. The zero-order valence-corrected chi connectivity index (χ0v) is 16.6. The molecule has 1 unspecified atom stereocenters. The highest BCUT2D eigenvalue weighted by Crippen LogP contribution is 2.27. The summed E-state index contributed by atoms with van der Waals surface area (Å²) in [7, 11) is 0. The molecule has 1 saturated heterocycles. The van der Waals surface area contributed by atoms with Crippen molar-refractivity contribution in [2.75, 3.05) is 25.0 Å². The number of urea groups is 1. The van der Waals surface area contributed by atoms with Crippen LogP contribution in [0.5, 0.6) is 0 Å². The smallest absolute Gasteiger partial charge is 0.347 e. The lowest BCUT2D eigenvalue weighted by Crippen LogP contribution is -2.42. The fraction of sp³-hybridized carbons (Fsp3) is 0.636. The van der Waals surface area contributed by atoms with Gasteiger partial charge in [0.2, 0.25) is 0 Å². The molecule has 1 aliphatic carbocycles. The van der Waals surface area contributed by atoms with Crippen LogP contribution in [0.2, 0.25) is 0 Å². The number of aliphatic imine (C=N–C) groups is 1. The molecule has 1 atom stereocenters. The van der Waals surface area contributed by atoms with Crippen LogP contribution in [0.15, 0.2) is 29.3 Å². The van der Waals surface area contributed by atoms with Gasteiger partial charge in [-0.05, 0) is 62.9 Å². The van der Waals surface area contributed by atoms with E-state index in [-0.39, 0.29) is 11.9 Å². The summed E-state index contributed by atoms with van der Waals surface area (Å²) in [4.78, 5) is 18.8. The van der Waals surface area contributed by atoms with E-state index in [1.807, 2.05) is 31.2 Å². The van der Waals surface area contributed by atoms with Gasteiger partial charge in [-0.3, -0.25) is 0 Å². The second-order valence-electron chi connectivity index (χ2n) is 8.27. The number of amidine groups is 1. The number of nitrogens with zero attached hydrogens (tertiary/aromatic N) is 2. The van der Waals surface area contributed by atoms with Crippen LogP contribution in [0.1, 0.15) is 56.9 Å². The molecule has 27 heavy (non-hydrogen) atoms. The Hall–Kier alpha value is -1.88. The summed E-state index contributed by atoms with van der Waals surface area (Å²) in [6.45, 7) is 5.23. The maximum Gasteiger partial charge on any atom is 0.347 e. The molecule has 0 spiro atoms. The third-order valence-corrected chi connectivity index (χ3v) is 6.00. The second kappa shape index (κ2) is 9.88. The maximum atomic E-state index is 12.2. The van der Waals surface area contributed by atoms with Gasteiger partial charge >= 0.3 is 6.03 Å². The number of hydrogen-bond acceptors (Lipinski definition) is 2. The zero-order chi connectivity index (χ0) is 19.1. The molecule has 148 valence electrons. The van der Waals surface area contributed by atoms with E-state index in [4.69, 9.17) is 5.73 Å². The quantitative estimate of drug-likeness (QED) is 0.589. The molecule has 1 saturated carbocycles. The Kier molecular flexibility index (Phi) is 7.27. The Morgan fingerprint density at radius 1 is 1.22 bits per heavy atom. The predicted molar refractivity (Wildman–Crippen MR) is 112 cm³/mol. The van der Waals surface area contributed by atoms with Gasteiger partial charge in [-0.25, -0.2) is 4.79 Å². The molecular formula is C22H34N4O. The molecule has 0 bridgehead atoms. The highest BCUT2D eigenvalue weighted by atomic mass is 16.2. The third kappa shape index (κ3) is 6.35. The summed E-state index contributed by atoms with van der Waals surface area (Å²) in [6.07, 6.45) is 10.5. The molecular weight excluding hydrogens is 336 g/mol. The predicted octanol–water partition coefficient (Wildman–Crippen LogP) is 4.57. The van der Waals surface area contributed by atoms with Crippen LogP contribution in [0.4, 0.5) is 10.5 Å². The van der Waals surface area contributed by atoms with Crippen molar-refractivity contribution >= 4 is 17.6 Å². The van der Waals surface area contributed by atoms with Crippen LogP contribution in [0, 0.1) is 18.8 Å². The summed E-state index contributed by atoms with van der Waals surface area (Å²) in [6, 6.07) is 7.33. The molecule has 3 N–H and O–H groups in total. The Labute approximate surface area is 163 Å². The summed E-state index contributed by atoms with van der Waals surface area (Å²) >= 11 is 0. The zero-order valence-electron chi connectivity index (χ0n) is 16.6. The van der Waals surface area contributed by atoms with Crippen molar-refractivity contribution in [1.82, 2.24) is 4.90 Å². The SMILES string of the molecule is Cc1cccc(NC(=O)/N=C(\N)C2CCCN(CCC3CCCCC3)C2)c1. The summed E-state index contributed by atoms with van der Waals surface area (Å²) < 4.78 is 0. The number of benzene rings is 1. The Morgan fingerprint density at radius 2 is 2.04 bits per heavy atom. The van der Waals surface area contributed by atoms with E-state index in [1.165, 1.54) is 38.5 Å². The standard InChI is InChI=1S/C22H34N4O/c1-17-7-5-11-20(15-17)24-22(27)25-21(23)19-10-6-13-26(16-19)14-12-18-8-3-2-4-9-18/h5,7,11,15,18-19H,2-4,6,8-10,12-14,16H2,1H3,(H3,23,24,25,27). The minimum Gasteiger partial charge on any atom is -0.387 e. The van der Waals surface area contributed by atoms with Crippen molar-refractivity contribution in [1.29, 1.82) is 0 Å². The maximum absolute atomic E-state index is 12.2. The Morgan fingerprint density at radius 3 is 2.81 bits per heavy atom. The number of amides is 2. The molecule has 2 amide bonds. The lowest BCUT2D eigenvalue weighted by molar-refractivity contribution is 0.182. The van der Waals surface area contributed by atoms with E-state index < -0.39 is 0 Å². The van der Waals surface area contributed by atoms with Crippen LogP contribution in [0.25, 0.3) is 0 Å². The Bertz CT molecular complexity index is 651. The number of hydrogen-bond donors (Lipinski definition) is 2. The summed E-state index contributed by atoms with van der Waals surface area (Å²) in [5, 5.41) is 2.81. The number of carbonyl (C=O) groups is 1. The normalized spacial score (nSPS) is 22.6. The number of carbonyl (C=O) groups excluding carboxylic acids is 1. The fourth-order valence-electron chi connectivity index (χ4n) is 4.42. The van der Waals surface area contributed by atoms with Gasteiger partial charge in [0, 0.05) is 18.2 Å². The topological polar surface area (TPSA) is 70.7 Å². The van der Waals surface area contributed by atoms with E-state index in [2.05, 4.69) is 15.2 Å². The molecule has 0 aromatic heterocycles. The number of anilines is 1. The minimum absolute atomic E-state index is 0.188. The van der Waals surface area contributed by atoms with Crippen molar-refractivity contribution in [3.63, 3.8) is 0 Å². The first-order valence-electron chi connectivity index (χ1n) is 10.5. The van der Waals surface area contributed by atoms with Crippen LogP contribution < -0.4 is 11.1 Å². The molecule has 1 heterocycles. The highest BCUT2D eigenvalue weighted by Gasteiger charge is 2.24. The van der Waals surface area contributed by atoms with E-state index in [9.17, 15) is 4.79 Å². The van der Waals surface area contributed by atoms with Crippen molar-refractivity contribution in [3.8, 4) is 0 Å². The first-order chi connectivity index (χ1) is 13.1. The molecule has 3 rings (SSSR count). The summed E-state index contributed by atoms with van der Waals surface area (Å²) in [5.74, 6) is 1.57. The molecule has 1 aromatic carbocycles. The molecule has 1 aromatic rings. The van der Waals surface area contributed by atoms with Crippen molar-refractivity contribution in [3.05, 3.63) is 29.8 Å². The van der Waals surface area contributed by atoms with E-state index >= 15 is 0 Å². The molecule has 0 radical (unpaired) electrons. The molecule has 5 heteroatoms. The van der Waals surface area contributed by atoms with E-state index in [0.29, 0.717) is 5.84 Å². The van der Waals surface area contributed by atoms with Crippen LogP contribution >= 0.6 is 0 Å². The van der Waals surface area contributed by atoms with Gasteiger partial charge in [-0.1, -0.05) is 44.2 Å². The van der Waals surface area contributed by atoms with Gasteiger partial charge < -0.3 is 16.0 Å². The average Bonchev–Trinajstić information content (AvgIpc) is 2.67. The lowest BCUT2D eigenvalue weighted by Gasteiger charge is -2.33. The first-order valence-corrected chi connectivity index (χ1v) is 10.5. The van der Waals surface area contributed by atoms with Gasteiger partial charge in [-0.15, -0.1) is 0 Å². The number of piperidine rings is 1. The van der Waals surface area contributed by atoms with Gasteiger partial charge in [0.15, 0.2) is 0 Å². The fourth-order valence-corrected chi connectivity index (χ4v) is 4.42. The van der Waals surface area contributed by atoms with Gasteiger partial charge in [-0.2, -0.15) is 4.99 Å². The molecule has 1 aliphatic heterocycles. The molecule has 2 aliphatic rings. The lowest BCUT2D eigenvalue weighted by atomic mass is 9.86. The second-order valence-corrected chi connectivity index (χ2v) is 8.27. The summed E-state index contributed by atoms with van der Waals surface area (Å²) in [5.41, 5.74) is 8.06. The van der Waals surface area contributed by atoms with Gasteiger partial charge in [0.05, 0.1) is 0 Å². The molecule has 5 nitrogen and oxygen atoms in total. The van der Waals surface area contributed by atoms with Crippen molar-refractivity contribution < 1.29 is 4.79 Å². The van der Waals surface area contributed by atoms with Crippen LogP contribution in [-0.2, 0) is 0 Å². The van der Waals surface area contributed by atoms with Crippen molar-refractivity contribution in [2.45, 2.75) is 58.3 Å². The van der Waals surface area contributed by atoms with Crippen molar-refractivity contribution in [2.24, 2.45) is 22.6 Å². The largest absolute Gasteiger partial charge is 0.387 e. The molecule has 2 fully saturated rings. The van der Waals surface area contributed by atoms with Gasteiger partial charge in [0.25, 0.3) is 0 Å². The number of likely N-dealkylation sites (tertiary alicyclic amines) is 1. The van der Waals surface area contributed by atoms with Gasteiger partial charge in [0.1, 0.15) is 5.84 Å². The number of aryl methyl sites for hydroxylation is 1. The third-order valence-electron chi connectivity index (χ3n) is 6.00. The number of rotatable bonds is 5. The number of nitrogens with one attached hydrogen (secondary N) is 1. The van der Waals surface area contributed by atoms with E-state index in [1.54, 1.807) is 0 Å². The highest BCUT2D eigenvalue weighted by molar-refractivity contribution is 6.00. The monoisotopic (exact) mass is 370 g/mol. The minimum atomic E-state index is -0.377. The van der Waals surface area contributed by atoms with E-state index in [0.717, 1.165) is 49.6 Å².